The van der Waals surface area contributed by atoms with Crippen LogP contribution in [0.25, 0.3) is 0 Å². The summed E-state index contributed by atoms with van der Waals surface area (Å²) < 4.78 is 5.78. The van der Waals surface area contributed by atoms with Crippen LogP contribution >= 0.6 is 0 Å². The van der Waals surface area contributed by atoms with E-state index in [0.29, 0.717) is 5.84 Å². The zero-order chi connectivity index (χ0) is 16.4. The van der Waals surface area contributed by atoms with E-state index in [2.05, 4.69) is 20.6 Å². The Balaban J connectivity index is 1.83. The fraction of sp³-hybridized carbons (Fsp3) is 0.588. The van der Waals surface area contributed by atoms with Gasteiger partial charge in [-0.05, 0) is 24.5 Å². The van der Waals surface area contributed by atoms with Crippen molar-refractivity contribution in [3.05, 3.63) is 29.6 Å². The molecule has 23 heavy (non-hydrogen) atoms. The van der Waals surface area contributed by atoms with Crippen LogP contribution in [0, 0.1) is 5.92 Å². The third kappa shape index (κ3) is 3.14. The van der Waals surface area contributed by atoms with Crippen molar-refractivity contribution in [1.29, 1.82) is 0 Å². The van der Waals surface area contributed by atoms with Crippen molar-refractivity contribution in [1.82, 2.24) is 15.6 Å². The average Bonchev–Trinajstić information content (AvgIpc) is 2.86. The quantitative estimate of drug-likeness (QED) is 0.863. The molecule has 1 aromatic heterocycles. The zero-order valence-electron chi connectivity index (χ0n) is 13.9. The van der Waals surface area contributed by atoms with E-state index in [1.54, 1.807) is 6.20 Å². The molecular formula is C17H24N4O2. The molecule has 0 aromatic carbocycles. The lowest BCUT2D eigenvalue weighted by Gasteiger charge is -2.27. The number of morpholine rings is 1. The molecule has 2 atom stereocenters. The van der Waals surface area contributed by atoms with E-state index in [1.165, 1.54) is 0 Å². The summed E-state index contributed by atoms with van der Waals surface area (Å²) in [5, 5.41) is 6.63. The first-order chi connectivity index (χ1) is 11.0. The Labute approximate surface area is 136 Å². The van der Waals surface area contributed by atoms with E-state index in [-0.39, 0.29) is 17.9 Å². The Hall–Kier alpha value is -1.79. The van der Waals surface area contributed by atoms with Crippen molar-refractivity contribution >= 4 is 11.7 Å². The van der Waals surface area contributed by atoms with Gasteiger partial charge in [0, 0.05) is 25.7 Å². The summed E-state index contributed by atoms with van der Waals surface area (Å²) in [6.07, 6.45) is 2.61. The lowest BCUT2D eigenvalue weighted by atomic mass is 9.88. The van der Waals surface area contributed by atoms with Gasteiger partial charge in [-0.2, -0.15) is 4.99 Å². The second-order valence-electron chi connectivity index (χ2n) is 6.66. The molecule has 6 nitrogen and oxygen atoms in total. The van der Waals surface area contributed by atoms with Gasteiger partial charge in [0.2, 0.25) is 0 Å². The minimum atomic E-state index is -0.660. The van der Waals surface area contributed by atoms with Gasteiger partial charge in [-0.25, -0.2) is 0 Å². The first kappa shape index (κ1) is 16.1. The van der Waals surface area contributed by atoms with Crippen LogP contribution in [0.2, 0.25) is 0 Å². The van der Waals surface area contributed by atoms with Gasteiger partial charge < -0.3 is 15.4 Å². The highest BCUT2D eigenvalue weighted by Crippen LogP contribution is 2.25. The number of ether oxygens (including phenoxy) is 1. The SMILES string of the molecule is CC(C)C1(C)NC(c2ncccc2CC2CNCCO2)=NC1=O. The van der Waals surface area contributed by atoms with Crippen LogP contribution in [0.1, 0.15) is 32.0 Å². The molecule has 3 heterocycles. The van der Waals surface area contributed by atoms with Gasteiger partial charge in [0.05, 0.1) is 12.7 Å². The molecule has 2 N–H and O–H groups in total. The number of carbonyl (C=O) groups excluding carboxylic acids is 1. The Morgan fingerprint density at radius 3 is 2.96 bits per heavy atom. The minimum absolute atomic E-state index is 0.126. The zero-order valence-corrected chi connectivity index (χ0v) is 13.9. The predicted molar refractivity (Wildman–Crippen MR) is 88.5 cm³/mol. The molecule has 0 aliphatic carbocycles. The van der Waals surface area contributed by atoms with Crippen LogP contribution in [0.5, 0.6) is 0 Å². The van der Waals surface area contributed by atoms with Gasteiger partial charge in [0.15, 0.2) is 5.84 Å². The molecule has 124 valence electrons. The second kappa shape index (κ2) is 6.37. The van der Waals surface area contributed by atoms with Crippen LogP contribution in [0.15, 0.2) is 23.3 Å². The summed E-state index contributed by atoms with van der Waals surface area (Å²) in [6, 6.07) is 3.94. The maximum atomic E-state index is 12.3. The van der Waals surface area contributed by atoms with E-state index < -0.39 is 5.54 Å². The molecular weight excluding hydrogens is 292 g/mol. The molecule has 2 aliphatic heterocycles. The smallest absolute Gasteiger partial charge is 0.273 e. The van der Waals surface area contributed by atoms with Crippen LogP contribution in [-0.4, -0.2) is 48.1 Å². The maximum absolute atomic E-state index is 12.3. The van der Waals surface area contributed by atoms with Crippen molar-refractivity contribution in [3.63, 3.8) is 0 Å². The molecule has 1 saturated heterocycles. The first-order valence-corrected chi connectivity index (χ1v) is 8.18. The van der Waals surface area contributed by atoms with Crippen LogP contribution < -0.4 is 10.6 Å². The fourth-order valence-corrected chi connectivity index (χ4v) is 2.86. The summed E-state index contributed by atoms with van der Waals surface area (Å²) in [6.45, 7) is 8.38. The third-order valence-corrected chi connectivity index (χ3v) is 4.76. The van der Waals surface area contributed by atoms with Crippen molar-refractivity contribution in [2.45, 2.75) is 38.8 Å². The average molecular weight is 316 g/mol. The van der Waals surface area contributed by atoms with Crippen molar-refractivity contribution in [2.75, 3.05) is 19.7 Å². The van der Waals surface area contributed by atoms with E-state index >= 15 is 0 Å². The fourth-order valence-electron chi connectivity index (χ4n) is 2.86. The third-order valence-electron chi connectivity index (χ3n) is 4.76. The molecule has 1 amide bonds. The van der Waals surface area contributed by atoms with Crippen molar-refractivity contribution in [2.24, 2.45) is 10.9 Å². The Kier molecular flexibility index (Phi) is 4.46. The summed E-state index contributed by atoms with van der Waals surface area (Å²) in [5.74, 6) is 0.592. The molecule has 0 saturated carbocycles. The second-order valence-corrected chi connectivity index (χ2v) is 6.66. The number of rotatable bonds is 4. The maximum Gasteiger partial charge on any atom is 0.273 e. The number of pyridine rings is 1. The van der Waals surface area contributed by atoms with Crippen LogP contribution in [0.4, 0.5) is 0 Å². The molecule has 0 radical (unpaired) electrons. The molecule has 2 aliphatic rings. The number of nitrogens with zero attached hydrogens (tertiary/aromatic N) is 2. The standard InChI is InChI=1S/C17H24N4O2/c1-11(2)17(3)16(22)20-15(21-17)14-12(5-4-6-19-14)9-13-10-18-7-8-23-13/h4-6,11,13,18H,7-10H2,1-3H3,(H,20,21,22). The van der Waals surface area contributed by atoms with Crippen molar-refractivity contribution < 1.29 is 9.53 Å². The molecule has 0 spiro atoms. The van der Waals surface area contributed by atoms with E-state index in [0.717, 1.165) is 37.4 Å². The van der Waals surface area contributed by atoms with Gasteiger partial charge in [-0.3, -0.25) is 9.78 Å². The van der Waals surface area contributed by atoms with Crippen LogP contribution in [0.3, 0.4) is 0 Å². The lowest BCUT2D eigenvalue weighted by Crippen LogP contribution is -2.50. The number of amidine groups is 1. The molecule has 3 rings (SSSR count). The predicted octanol–water partition coefficient (Wildman–Crippen LogP) is 0.904. The number of aromatic nitrogens is 1. The highest BCUT2D eigenvalue weighted by molar-refractivity contribution is 6.13. The molecule has 1 fully saturated rings. The Morgan fingerprint density at radius 2 is 2.30 bits per heavy atom. The van der Waals surface area contributed by atoms with E-state index in [9.17, 15) is 4.79 Å². The summed E-state index contributed by atoms with van der Waals surface area (Å²) >= 11 is 0. The van der Waals surface area contributed by atoms with Gasteiger partial charge in [-0.15, -0.1) is 0 Å². The number of aliphatic imine (C=N–C) groups is 1. The minimum Gasteiger partial charge on any atom is -0.375 e. The monoisotopic (exact) mass is 316 g/mol. The lowest BCUT2D eigenvalue weighted by molar-refractivity contribution is -0.123. The molecule has 6 heteroatoms. The molecule has 1 aromatic rings. The first-order valence-electron chi connectivity index (χ1n) is 8.18. The largest absolute Gasteiger partial charge is 0.375 e. The van der Waals surface area contributed by atoms with Gasteiger partial charge in [0.25, 0.3) is 5.91 Å². The number of carbonyl (C=O) groups is 1. The summed E-state index contributed by atoms with van der Waals surface area (Å²) in [7, 11) is 0. The number of nitrogens with one attached hydrogen (secondary N) is 2. The Morgan fingerprint density at radius 1 is 1.48 bits per heavy atom. The van der Waals surface area contributed by atoms with E-state index in [1.807, 2.05) is 32.9 Å². The van der Waals surface area contributed by atoms with Crippen LogP contribution in [-0.2, 0) is 16.0 Å². The topological polar surface area (TPSA) is 75.6 Å². The van der Waals surface area contributed by atoms with Crippen molar-refractivity contribution in [3.8, 4) is 0 Å². The number of hydrogen-bond acceptors (Lipinski definition) is 5. The Bertz CT molecular complexity index is 623. The summed E-state index contributed by atoms with van der Waals surface area (Å²) in [4.78, 5) is 21.0. The summed E-state index contributed by atoms with van der Waals surface area (Å²) in [5.41, 5.74) is 1.14. The van der Waals surface area contributed by atoms with Gasteiger partial charge in [0.1, 0.15) is 11.2 Å². The molecule has 0 bridgehead atoms. The van der Waals surface area contributed by atoms with Gasteiger partial charge >= 0.3 is 0 Å². The number of hydrogen-bond donors (Lipinski definition) is 2. The highest BCUT2D eigenvalue weighted by atomic mass is 16.5. The molecule has 2 unspecified atom stereocenters. The number of amides is 1. The van der Waals surface area contributed by atoms with E-state index in [4.69, 9.17) is 4.74 Å². The van der Waals surface area contributed by atoms with Gasteiger partial charge in [-0.1, -0.05) is 19.9 Å². The normalized spacial score (nSPS) is 27.9. The highest BCUT2D eigenvalue weighted by Gasteiger charge is 2.43.